The Morgan fingerprint density at radius 3 is 2.20 bits per heavy atom. The van der Waals surface area contributed by atoms with Gasteiger partial charge in [-0.1, -0.05) is 78.0 Å². The average molecular weight is 613 g/mol. The Hall–Kier alpha value is -4.96. The van der Waals surface area contributed by atoms with E-state index < -0.39 is 11.2 Å². The van der Waals surface area contributed by atoms with Gasteiger partial charge in [0.25, 0.3) is 5.24 Å². The third-order valence-electron chi connectivity index (χ3n) is 6.02. The minimum absolute atomic E-state index is 0.255. The molecule has 0 aromatic heterocycles. The van der Waals surface area contributed by atoms with Gasteiger partial charge in [0.1, 0.15) is 17.8 Å². The molecule has 3 aromatic rings. The van der Waals surface area contributed by atoms with Gasteiger partial charge in [-0.05, 0) is 85.5 Å². The monoisotopic (exact) mass is 612 g/mol. The largest absolute Gasteiger partial charge is 0.457 e. The number of ether oxygens (including phenoxy) is 1. The second kappa shape index (κ2) is 16.6. The standard InChI is InChI=1S/C34H36N4O5S/c1-7-8-25(4)36-37-38(6)43-33(40)32(21-27-18-23(2)17-24(3)19-27)28-11-15-30(16-12-28)42-29-13-9-26(10-14-29)20-31(22-39)44-34(41)35-5/h7-19,21-22,31H,4,20H2,1-3,5-6H3,(H,35,41)/b8-7-,32-21+,37-36?. The lowest BCUT2D eigenvalue weighted by molar-refractivity contribution is -0.178. The zero-order valence-corrected chi connectivity index (χ0v) is 26.3. The summed E-state index contributed by atoms with van der Waals surface area (Å²) in [6, 6.07) is 20.4. The first kappa shape index (κ1) is 33.5. The van der Waals surface area contributed by atoms with Crippen molar-refractivity contribution < 1.29 is 24.0 Å². The van der Waals surface area contributed by atoms with Crippen molar-refractivity contribution in [1.29, 1.82) is 0 Å². The van der Waals surface area contributed by atoms with Crippen LogP contribution in [-0.4, -0.2) is 42.0 Å². The summed E-state index contributed by atoms with van der Waals surface area (Å²) in [6.07, 6.45) is 6.43. The highest BCUT2D eigenvalue weighted by Crippen LogP contribution is 2.27. The number of nitrogens with zero attached hydrogens (tertiary/aromatic N) is 3. The molecule has 0 aliphatic rings. The topological polar surface area (TPSA) is 110 Å². The predicted molar refractivity (Wildman–Crippen MR) is 175 cm³/mol. The van der Waals surface area contributed by atoms with E-state index in [1.807, 2.05) is 45.0 Å². The van der Waals surface area contributed by atoms with Gasteiger partial charge in [-0.3, -0.25) is 4.79 Å². The van der Waals surface area contributed by atoms with Crippen LogP contribution < -0.4 is 10.1 Å². The fourth-order valence-corrected chi connectivity index (χ4v) is 4.86. The molecule has 1 amide bonds. The number of hydrogen-bond donors (Lipinski definition) is 1. The summed E-state index contributed by atoms with van der Waals surface area (Å²) in [4.78, 5) is 41.8. The first-order valence-electron chi connectivity index (χ1n) is 13.8. The van der Waals surface area contributed by atoms with Crippen molar-refractivity contribution >= 4 is 40.9 Å². The van der Waals surface area contributed by atoms with E-state index in [1.54, 1.807) is 54.6 Å². The summed E-state index contributed by atoms with van der Waals surface area (Å²) in [5.41, 5.74) is 5.24. The van der Waals surface area contributed by atoms with E-state index >= 15 is 0 Å². The number of rotatable bonds is 13. The summed E-state index contributed by atoms with van der Waals surface area (Å²) >= 11 is 0.957. The molecular weight excluding hydrogens is 576 g/mol. The van der Waals surface area contributed by atoms with E-state index in [-0.39, 0.29) is 5.24 Å². The normalized spacial score (nSPS) is 12.2. The number of hydrogen-bond acceptors (Lipinski definition) is 8. The molecule has 0 fully saturated rings. The molecule has 0 aliphatic carbocycles. The van der Waals surface area contributed by atoms with Crippen LogP contribution in [0.1, 0.15) is 34.7 Å². The molecule has 1 unspecified atom stereocenters. The number of thioether (sulfide) groups is 1. The van der Waals surface area contributed by atoms with E-state index in [9.17, 15) is 14.4 Å². The van der Waals surface area contributed by atoms with Crippen molar-refractivity contribution in [3.63, 3.8) is 0 Å². The molecule has 0 saturated heterocycles. The molecule has 44 heavy (non-hydrogen) atoms. The van der Waals surface area contributed by atoms with Gasteiger partial charge in [-0.25, -0.2) is 4.79 Å². The summed E-state index contributed by atoms with van der Waals surface area (Å²) in [7, 11) is 3.00. The van der Waals surface area contributed by atoms with Gasteiger partial charge >= 0.3 is 5.97 Å². The second-order valence-corrected chi connectivity index (χ2v) is 11.0. The zero-order valence-electron chi connectivity index (χ0n) is 25.4. The number of amides is 1. The summed E-state index contributed by atoms with van der Waals surface area (Å²) in [6.45, 7) is 9.59. The fourth-order valence-electron chi connectivity index (χ4n) is 4.13. The van der Waals surface area contributed by atoms with Crippen LogP contribution in [-0.2, 0) is 20.8 Å². The van der Waals surface area contributed by atoms with Crippen LogP contribution in [0.5, 0.6) is 11.5 Å². The second-order valence-electron chi connectivity index (χ2n) is 9.81. The molecule has 9 nitrogen and oxygen atoms in total. The number of hydroxylamine groups is 1. The Bertz CT molecular complexity index is 1540. The van der Waals surface area contributed by atoms with Gasteiger partial charge in [-0.2, -0.15) is 0 Å². The summed E-state index contributed by atoms with van der Waals surface area (Å²) < 4.78 is 6.01. The molecule has 1 atom stereocenters. The molecule has 3 aromatic carbocycles. The molecule has 0 radical (unpaired) electrons. The van der Waals surface area contributed by atoms with Crippen molar-refractivity contribution in [1.82, 2.24) is 10.5 Å². The Balaban J connectivity index is 1.79. The Kier molecular flexibility index (Phi) is 12.7. The van der Waals surface area contributed by atoms with Crippen molar-refractivity contribution in [2.45, 2.75) is 32.4 Å². The maximum absolute atomic E-state index is 13.3. The van der Waals surface area contributed by atoms with Gasteiger partial charge in [0.05, 0.1) is 23.6 Å². The van der Waals surface area contributed by atoms with Crippen LogP contribution >= 0.6 is 11.8 Å². The van der Waals surface area contributed by atoms with Gasteiger partial charge in [0.15, 0.2) is 0 Å². The van der Waals surface area contributed by atoms with Gasteiger partial charge in [-0.15, -0.1) is 10.3 Å². The molecule has 0 heterocycles. The Morgan fingerprint density at radius 2 is 1.64 bits per heavy atom. The molecule has 10 heteroatoms. The van der Waals surface area contributed by atoms with E-state index in [0.717, 1.165) is 45.5 Å². The van der Waals surface area contributed by atoms with E-state index in [1.165, 1.54) is 14.1 Å². The zero-order chi connectivity index (χ0) is 32.1. The fraction of sp³-hybridized carbons (Fsp3) is 0.206. The van der Waals surface area contributed by atoms with E-state index in [0.29, 0.717) is 34.8 Å². The average Bonchev–Trinajstić information content (AvgIpc) is 2.99. The molecule has 0 bridgehead atoms. The minimum atomic E-state index is -0.616. The van der Waals surface area contributed by atoms with Crippen molar-refractivity contribution in [2.75, 3.05) is 14.1 Å². The van der Waals surface area contributed by atoms with Gasteiger partial charge in [0, 0.05) is 7.05 Å². The van der Waals surface area contributed by atoms with Crippen LogP contribution in [0.3, 0.4) is 0 Å². The highest BCUT2D eigenvalue weighted by Gasteiger charge is 2.18. The van der Waals surface area contributed by atoms with Crippen LogP contribution in [0.2, 0.25) is 0 Å². The van der Waals surface area contributed by atoms with E-state index in [4.69, 9.17) is 9.57 Å². The van der Waals surface area contributed by atoms with Crippen LogP contribution in [0.4, 0.5) is 4.79 Å². The number of allylic oxidation sites excluding steroid dienone is 2. The highest BCUT2D eigenvalue weighted by atomic mass is 32.2. The third kappa shape index (κ3) is 10.7. The number of carbonyl (C=O) groups excluding carboxylic acids is 3. The smallest absolute Gasteiger partial charge is 0.365 e. The number of carbonyl (C=O) groups is 3. The van der Waals surface area contributed by atoms with Gasteiger partial charge < -0.3 is 19.7 Å². The van der Waals surface area contributed by atoms with Crippen molar-refractivity contribution in [3.8, 4) is 11.5 Å². The quantitative estimate of drug-likeness (QED) is 0.0527. The van der Waals surface area contributed by atoms with Gasteiger partial charge in [0.2, 0.25) is 0 Å². The molecule has 3 rings (SSSR count). The molecule has 0 spiro atoms. The predicted octanol–water partition coefficient (Wildman–Crippen LogP) is 7.67. The third-order valence-corrected chi connectivity index (χ3v) is 7.02. The minimum Gasteiger partial charge on any atom is -0.457 e. The first-order valence-corrected chi connectivity index (χ1v) is 14.7. The molecule has 228 valence electrons. The lowest BCUT2D eigenvalue weighted by Crippen LogP contribution is -2.18. The van der Waals surface area contributed by atoms with Crippen LogP contribution in [0.15, 0.2) is 101 Å². The van der Waals surface area contributed by atoms with Crippen LogP contribution in [0.25, 0.3) is 11.6 Å². The lowest BCUT2D eigenvalue weighted by atomic mass is 10.0. The Morgan fingerprint density at radius 1 is 1.02 bits per heavy atom. The molecule has 1 N–H and O–H groups in total. The lowest BCUT2D eigenvalue weighted by Gasteiger charge is -2.14. The number of benzene rings is 3. The van der Waals surface area contributed by atoms with Crippen LogP contribution in [0, 0.1) is 13.8 Å². The maximum atomic E-state index is 13.3. The molecule has 0 saturated carbocycles. The number of aldehydes is 1. The first-order chi connectivity index (χ1) is 21.1. The highest BCUT2D eigenvalue weighted by molar-refractivity contribution is 8.14. The summed E-state index contributed by atoms with van der Waals surface area (Å²) in [5, 5.41) is 10.6. The Labute approximate surface area is 262 Å². The SMILES string of the molecule is C=C(/C=C\C)N=NN(C)OC(=O)/C(=C/c1cc(C)cc(C)c1)c1ccc(Oc2ccc(CC(C=O)SC(=O)NC)cc2)cc1. The number of nitrogens with one attached hydrogen (secondary N) is 1. The summed E-state index contributed by atoms with van der Waals surface area (Å²) in [5.74, 6) is 0.546. The number of aryl methyl sites for hydroxylation is 2. The molecule has 0 aliphatic heterocycles. The maximum Gasteiger partial charge on any atom is 0.365 e. The molecular formula is C34H36N4O5S. The van der Waals surface area contributed by atoms with E-state index in [2.05, 4.69) is 28.3 Å². The van der Waals surface area contributed by atoms with Crippen molar-refractivity contribution in [3.05, 3.63) is 119 Å². The van der Waals surface area contributed by atoms with Crippen molar-refractivity contribution in [2.24, 2.45) is 10.3 Å².